The van der Waals surface area contributed by atoms with Gasteiger partial charge in [-0.3, -0.25) is 4.57 Å². The maximum Gasteiger partial charge on any atom is 0.192 e. The van der Waals surface area contributed by atoms with Crippen molar-refractivity contribution in [2.75, 3.05) is 0 Å². The Kier molecular flexibility index (Phi) is 5.46. The van der Waals surface area contributed by atoms with Crippen molar-refractivity contribution in [3.63, 3.8) is 0 Å². The van der Waals surface area contributed by atoms with Gasteiger partial charge in [0.25, 0.3) is 0 Å². The second-order valence-corrected chi connectivity index (χ2v) is 6.28. The molecule has 0 spiro atoms. The monoisotopic (exact) mass is 337 g/mol. The molecule has 3 rings (SSSR count). The number of benzene rings is 2. The SMILES string of the molecule is C=CCn1c(SCc2ccc(CO)cc2)nnc1-c1ccccc1. The minimum Gasteiger partial charge on any atom is -0.392 e. The van der Waals surface area contributed by atoms with Gasteiger partial charge in [0.1, 0.15) is 0 Å². The Hall–Kier alpha value is -2.37. The van der Waals surface area contributed by atoms with Gasteiger partial charge in [0.2, 0.25) is 0 Å². The van der Waals surface area contributed by atoms with Crippen LogP contribution >= 0.6 is 11.8 Å². The molecular weight excluding hydrogens is 318 g/mol. The predicted molar refractivity (Wildman–Crippen MR) is 97.6 cm³/mol. The third kappa shape index (κ3) is 3.75. The van der Waals surface area contributed by atoms with Crippen molar-refractivity contribution in [1.82, 2.24) is 14.8 Å². The largest absolute Gasteiger partial charge is 0.392 e. The van der Waals surface area contributed by atoms with E-state index < -0.39 is 0 Å². The van der Waals surface area contributed by atoms with Crippen LogP contribution in [0.4, 0.5) is 0 Å². The van der Waals surface area contributed by atoms with Crippen LogP contribution in [-0.2, 0) is 18.9 Å². The van der Waals surface area contributed by atoms with Crippen LogP contribution in [0, 0.1) is 0 Å². The molecule has 122 valence electrons. The van der Waals surface area contributed by atoms with Crippen LogP contribution in [-0.4, -0.2) is 19.9 Å². The molecule has 1 heterocycles. The zero-order valence-corrected chi connectivity index (χ0v) is 14.1. The Bertz CT molecular complexity index is 797. The number of thioether (sulfide) groups is 1. The van der Waals surface area contributed by atoms with Crippen LogP contribution in [0.15, 0.2) is 72.4 Å². The summed E-state index contributed by atoms with van der Waals surface area (Å²) in [5.74, 6) is 1.66. The highest BCUT2D eigenvalue weighted by Gasteiger charge is 2.13. The quantitative estimate of drug-likeness (QED) is 0.524. The summed E-state index contributed by atoms with van der Waals surface area (Å²) in [5, 5.41) is 18.7. The van der Waals surface area contributed by atoms with Crippen LogP contribution in [0.2, 0.25) is 0 Å². The van der Waals surface area contributed by atoms with E-state index in [1.54, 1.807) is 11.8 Å². The molecule has 0 aliphatic heterocycles. The molecule has 0 unspecified atom stereocenters. The predicted octanol–water partition coefficient (Wildman–Crippen LogP) is 3.92. The number of aliphatic hydroxyl groups excluding tert-OH is 1. The van der Waals surface area contributed by atoms with Crippen LogP contribution in [0.1, 0.15) is 11.1 Å². The third-order valence-electron chi connectivity index (χ3n) is 3.63. The lowest BCUT2D eigenvalue weighted by Gasteiger charge is -2.08. The lowest BCUT2D eigenvalue weighted by molar-refractivity contribution is 0.282. The van der Waals surface area contributed by atoms with Crippen LogP contribution in [0.25, 0.3) is 11.4 Å². The van der Waals surface area contributed by atoms with E-state index in [0.29, 0.717) is 6.54 Å². The van der Waals surface area contributed by atoms with E-state index in [9.17, 15) is 0 Å². The minimum atomic E-state index is 0.0710. The van der Waals surface area contributed by atoms with Gasteiger partial charge in [0, 0.05) is 17.9 Å². The first-order valence-corrected chi connectivity index (χ1v) is 8.71. The molecule has 0 bridgehead atoms. The van der Waals surface area contributed by atoms with Gasteiger partial charge >= 0.3 is 0 Å². The van der Waals surface area contributed by atoms with Crippen molar-refractivity contribution in [3.05, 3.63) is 78.4 Å². The summed E-state index contributed by atoms with van der Waals surface area (Å²) < 4.78 is 2.08. The Morgan fingerprint density at radius 2 is 1.71 bits per heavy atom. The first-order chi connectivity index (χ1) is 11.8. The molecule has 0 radical (unpaired) electrons. The van der Waals surface area contributed by atoms with Crippen molar-refractivity contribution < 1.29 is 5.11 Å². The molecule has 1 N–H and O–H groups in total. The van der Waals surface area contributed by atoms with E-state index in [4.69, 9.17) is 5.11 Å². The van der Waals surface area contributed by atoms with Crippen molar-refractivity contribution >= 4 is 11.8 Å². The summed E-state index contributed by atoms with van der Waals surface area (Å²) in [4.78, 5) is 0. The van der Waals surface area contributed by atoms with E-state index in [0.717, 1.165) is 27.9 Å². The summed E-state index contributed by atoms with van der Waals surface area (Å²) in [6.07, 6.45) is 1.86. The summed E-state index contributed by atoms with van der Waals surface area (Å²) in [7, 11) is 0. The number of aliphatic hydroxyl groups is 1. The second kappa shape index (κ2) is 7.95. The van der Waals surface area contributed by atoms with Gasteiger partial charge in [-0.2, -0.15) is 0 Å². The Labute approximate surface area is 145 Å². The number of hydrogen-bond donors (Lipinski definition) is 1. The zero-order valence-electron chi connectivity index (χ0n) is 13.3. The molecule has 5 heteroatoms. The summed E-state index contributed by atoms with van der Waals surface area (Å²) in [5.41, 5.74) is 3.16. The molecule has 0 fully saturated rings. The highest BCUT2D eigenvalue weighted by Crippen LogP contribution is 2.26. The number of allylic oxidation sites excluding steroid dienone is 1. The number of nitrogens with zero attached hydrogens (tertiary/aromatic N) is 3. The molecule has 0 saturated heterocycles. The summed E-state index contributed by atoms with van der Waals surface area (Å²) in [6.45, 7) is 4.58. The molecule has 0 amide bonds. The molecular formula is C19H19N3OS. The highest BCUT2D eigenvalue weighted by atomic mass is 32.2. The molecule has 4 nitrogen and oxygen atoms in total. The standard InChI is InChI=1S/C19H19N3OS/c1-2-12-22-18(17-6-4-3-5-7-17)20-21-19(22)24-14-16-10-8-15(13-23)9-11-16/h2-11,23H,1,12-14H2. The van der Waals surface area contributed by atoms with Gasteiger partial charge < -0.3 is 5.11 Å². The average molecular weight is 337 g/mol. The maximum absolute atomic E-state index is 9.11. The zero-order chi connectivity index (χ0) is 16.8. The smallest absolute Gasteiger partial charge is 0.192 e. The van der Waals surface area contributed by atoms with Crippen molar-refractivity contribution in [1.29, 1.82) is 0 Å². The third-order valence-corrected chi connectivity index (χ3v) is 4.67. The molecule has 2 aromatic carbocycles. The number of aromatic nitrogens is 3. The lowest BCUT2D eigenvalue weighted by Crippen LogP contribution is -2.00. The molecule has 0 aliphatic rings. The lowest BCUT2D eigenvalue weighted by atomic mass is 10.2. The fraction of sp³-hybridized carbons (Fsp3) is 0.158. The molecule has 0 atom stereocenters. The van der Waals surface area contributed by atoms with Crippen molar-refractivity contribution in [2.45, 2.75) is 24.1 Å². The van der Waals surface area contributed by atoms with Crippen LogP contribution in [0.3, 0.4) is 0 Å². The summed E-state index contributed by atoms with van der Waals surface area (Å²) in [6, 6.07) is 18.0. The average Bonchev–Trinajstić information content (AvgIpc) is 3.04. The van der Waals surface area contributed by atoms with Gasteiger partial charge in [-0.25, -0.2) is 0 Å². The van der Waals surface area contributed by atoms with Gasteiger partial charge in [0.05, 0.1) is 6.61 Å². The second-order valence-electron chi connectivity index (χ2n) is 5.33. The van der Waals surface area contributed by atoms with Gasteiger partial charge in [-0.05, 0) is 11.1 Å². The van der Waals surface area contributed by atoms with Gasteiger partial charge in [0.15, 0.2) is 11.0 Å². The van der Waals surface area contributed by atoms with Crippen molar-refractivity contribution in [2.24, 2.45) is 0 Å². The van der Waals surface area contributed by atoms with Crippen LogP contribution in [0.5, 0.6) is 0 Å². The van der Waals surface area contributed by atoms with Crippen LogP contribution < -0.4 is 0 Å². The molecule has 24 heavy (non-hydrogen) atoms. The fourth-order valence-electron chi connectivity index (χ4n) is 2.38. The Morgan fingerprint density at radius 1 is 1.00 bits per heavy atom. The normalized spacial score (nSPS) is 10.7. The molecule has 1 aromatic heterocycles. The van der Waals surface area contributed by atoms with Gasteiger partial charge in [-0.1, -0.05) is 72.4 Å². The van der Waals surface area contributed by atoms with E-state index in [2.05, 4.69) is 21.3 Å². The topological polar surface area (TPSA) is 50.9 Å². The molecule has 0 saturated carbocycles. The fourth-order valence-corrected chi connectivity index (χ4v) is 3.28. The highest BCUT2D eigenvalue weighted by molar-refractivity contribution is 7.98. The Balaban J connectivity index is 1.80. The Morgan fingerprint density at radius 3 is 2.38 bits per heavy atom. The first-order valence-electron chi connectivity index (χ1n) is 7.73. The maximum atomic E-state index is 9.11. The first kappa shape index (κ1) is 16.5. The van der Waals surface area contributed by atoms with E-state index in [1.807, 2.05) is 60.7 Å². The van der Waals surface area contributed by atoms with E-state index in [-0.39, 0.29) is 6.61 Å². The van der Waals surface area contributed by atoms with Gasteiger partial charge in [-0.15, -0.1) is 16.8 Å². The minimum absolute atomic E-state index is 0.0710. The number of hydrogen-bond acceptors (Lipinski definition) is 4. The molecule has 0 aliphatic carbocycles. The van der Waals surface area contributed by atoms with E-state index in [1.165, 1.54) is 5.56 Å². The number of rotatable bonds is 7. The summed E-state index contributed by atoms with van der Waals surface area (Å²) >= 11 is 1.65. The van der Waals surface area contributed by atoms with E-state index >= 15 is 0 Å². The van der Waals surface area contributed by atoms with Crippen molar-refractivity contribution in [3.8, 4) is 11.4 Å². The molecule has 3 aromatic rings.